The minimum Gasteiger partial charge on any atom is -0.357 e. The molecule has 0 bridgehead atoms. The van der Waals surface area contributed by atoms with Gasteiger partial charge in [0, 0.05) is 42.8 Å². The Hall–Kier alpha value is -3.87. The lowest BCUT2D eigenvalue weighted by molar-refractivity contribution is 0.0958. The van der Waals surface area contributed by atoms with Crippen molar-refractivity contribution in [2.24, 2.45) is 7.05 Å². The summed E-state index contributed by atoms with van der Waals surface area (Å²) in [5.74, 6) is 1.36. The van der Waals surface area contributed by atoms with Gasteiger partial charge in [0.2, 0.25) is 5.95 Å². The van der Waals surface area contributed by atoms with E-state index in [-0.39, 0.29) is 11.9 Å². The molecule has 1 aliphatic rings. The molecule has 2 aromatic heterocycles. The van der Waals surface area contributed by atoms with Gasteiger partial charge in [0.25, 0.3) is 5.91 Å². The number of amides is 1. The van der Waals surface area contributed by atoms with Gasteiger partial charge in [-0.2, -0.15) is 4.98 Å². The second kappa shape index (κ2) is 7.92. The number of aromatic nitrogens is 4. The molecule has 0 saturated heterocycles. The zero-order chi connectivity index (χ0) is 23.3. The summed E-state index contributed by atoms with van der Waals surface area (Å²) in [6.45, 7) is 8.85. The summed E-state index contributed by atoms with van der Waals surface area (Å²) in [7, 11) is 2.03. The van der Waals surface area contributed by atoms with Crippen LogP contribution in [0.2, 0.25) is 0 Å². The van der Waals surface area contributed by atoms with Gasteiger partial charge in [-0.25, -0.2) is 4.68 Å². The highest BCUT2D eigenvalue weighted by Crippen LogP contribution is 2.32. The highest BCUT2D eigenvalue weighted by molar-refractivity contribution is 6.00. The van der Waals surface area contributed by atoms with E-state index in [0.29, 0.717) is 18.3 Å². The number of carbonyl (C=O) groups is 1. The number of carbonyl (C=O) groups excluding carboxylic acids is 1. The average Bonchev–Trinajstić information content (AvgIpc) is 3.46. The first-order chi connectivity index (χ1) is 15.8. The molecule has 0 saturated carbocycles. The fourth-order valence-corrected chi connectivity index (χ4v) is 4.45. The number of benzene rings is 2. The van der Waals surface area contributed by atoms with Crippen molar-refractivity contribution in [3.8, 4) is 22.5 Å². The van der Waals surface area contributed by atoms with Crippen LogP contribution in [0.5, 0.6) is 0 Å². The third-order valence-electron chi connectivity index (χ3n) is 6.30. The molecule has 2 aromatic carbocycles. The third kappa shape index (κ3) is 3.69. The molecule has 2 N–H and O–H groups in total. The Morgan fingerprint density at radius 3 is 2.58 bits per heavy atom. The lowest BCUT2D eigenvalue weighted by Gasteiger charge is -2.12. The van der Waals surface area contributed by atoms with Gasteiger partial charge in [0.05, 0.1) is 6.04 Å². The second-order valence-corrected chi connectivity index (χ2v) is 8.74. The van der Waals surface area contributed by atoms with Gasteiger partial charge >= 0.3 is 0 Å². The summed E-state index contributed by atoms with van der Waals surface area (Å²) in [4.78, 5) is 17.0. The van der Waals surface area contributed by atoms with E-state index in [4.69, 9.17) is 10.1 Å². The average molecular weight is 441 g/mol. The fourth-order valence-electron chi connectivity index (χ4n) is 4.45. The monoisotopic (exact) mass is 440 g/mol. The molecule has 168 valence electrons. The lowest BCUT2D eigenvalue weighted by atomic mass is 10.0. The Bertz CT molecular complexity index is 1380. The maximum absolute atomic E-state index is 12.1. The third-order valence-corrected chi connectivity index (χ3v) is 6.30. The van der Waals surface area contributed by atoms with Gasteiger partial charge in [-0.05, 0) is 79.8 Å². The zero-order valence-corrected chi connectivity index (χ0v) is 19.6. The normalized spacial score (nSPS) is 14.9. The van der Waals surface area contributed by atoms with E-state index in [1.54, 1.807) is 0 Å². The van der Waals surface area contributed by atoms with Crippen molar-refractivity contribution in [2.75, 3.05) is 5.32 Å². The molecule has 0 fully saturated rings. The van der Waals surface area contributed by atoms with Crippen LogP contribution >= 0.6 is 0 Å². The number of nitrogens with one attached hydrogen (secondary N) is 2. The summed E-state index contributed by atoms with van der Waals surface area (Å²) in [5.41, 5.74) is 8.25. The summed E-state index contributed by atoms with van der Waals surface area (Å²) < 4.78 is 3.92. The predicted octanol–water partition coefficient (Wildman–Crippen LogP) is 5.14. The molecular formula is C26H28N6O. The highest BCUT2D eigenvalue weighted by Gasteiger charge is 2.26. The Morgan fingerprint density at radius 1 is 1.06 bits per heavy atom. The molecule has 0 aliphatic carbocycles. The first-order valence-corrected chi connectivity index (χ1v) is 11.2. The Labute approximate surface area is 193 Å². The number of fused-ring (bicyclic) bond motifs is 1. The van der Waals surface area contributed by atoms with Crippen LogP contribution in [0.4, 0.5) is 11.6 Å². The molecule has 1 amide bonds. The summed E-state index contributed by atoms with van der Waals surface area (Å²) in [6, 6.07) is 12.5. The molecule has 1 unspecified atom stereocenters. The van der Waals surface area contributed by atoms with Crippen LogP contribution < -0.4 is 10.6 Å². The highest BCUT2D eigenvalue weighted by atomic mass is 16.2. The van der Waals surface area contributed by atoms with Crippen LogP contribution in [-0.2, 0) is 13.6 Å². The van der Waals surface area contributed by atoms with E-state index in [0.717, 1.165) is 27.9 Å². The quantitative estimate of drug-likeness (QED) is 0.451. The number of anilines is 2. The van der Waals surface area contributed by atoms with Gasteiger partial charge in [-0.3, -0.25) is 4.79 Å². The van der Waals surface area contributed by atoms with E-state index in [2.05, 4.69) is 58.8 Å². The molecule has 3 heterocycles. The first kappa shape index (κ1) is 21.0. The van der Waals surface area contributed by atoms with Crippen LogP contribution in [0.25, 0.3) is 22.5 Å². The predicted molar refractivity (Wildman–Crippen MR) is 131 cm³/mol. The summed E-state index contributed by atoms with van der Waals surface area (Å²) in [6.07, 6.45) is 4.18. The maximum atomic E-state index is 12.1. The molecule has 7 heteroatoms. The van der Waals surface area contributed by atoms with Gasteiger partial charge in [-0.1, -0.05) is 12.1 Å². The maximum Gasteiger partial charge on any atom is 0.252 e. The SMILES string of the molecule is CCn1nc(-c2ccc(-c3ccn(C)c3)c(C)c2)nc1Nc1cc2c(cc1C)C(=O)NC2C. The molecule has 0 spiro atoms. The van der Waals surface area contributed by atoms with Crippen molar-refractivity contribution in [2.45, 2.75) is 40.3 Å². The van der Waals surface area contributed by atoms with Gasteiger partial charge in [0.15, 0.2) is 5.82 Å². The molecule has 33 heavy (non-hydrogen) atoms. The topological polar surface area (TPSA) is 76.8 Å². The van der Waals surface area contributed by atoms with Gasteiger partial charge < -0.3 is 15.2 Å². The first-order valence-electron chi connectivity index (χ1n) is 11.2. The van der Waals surface area contributed by atoms with Crippen LogP contribution in [0.3, 0.4) is 0 Å². The van der Waals surface area contributed by atoms with Gasteiger partial charge in [-0.15, -0.1) is 5.10 Å². The molecule has 1 aliphatic heterocycles. The largest absolute Gasteiger partial charge is 0.357 e. The van der Waals surface area contributed by atoms with Crippen molar-refractivity contribution >= 4 is 17.5 Å². The molecule has 1 atom stereocenters. The van der Waals surface area contributed by atoms with Gasteiger partial charge in [0.1, 0.15) is 0 Å². The molecule has 5 rings (SSSR count). The smallest absolute Gasteiger partial charge is 0.252 e. The molecule has 4 aromatic rings. The fraction of sp³-hybridized carbons (Fsp3) is 0.269. The number of hydrogen-bond acceptors (Lipinski definition) is 4. The number of hydrogen-bond donors (Lipinski definition) is 2. The standard InChI is InChI=1S/C26H28N6O/c1-6-32-26(28-23-13-21-17(4)27-25(33)22(21)12-16(23)3)29-24(30-32)18-7-8-20(15(2)11-18)19-9-10-31(5)14-19/h7-14,17H,6H2,1-5H3,(H,27,33)(H,28,29,30). The van der Waals surface area contributed by atoms with E-state index >= 15 is 0 Å². The molecular weight excluding hydrogens is 412 g/mol. The number of nitrogens with zero attached hydrogens (tertiary/aromatic N) is 4. The Kier molecular flexibility index (Phi) is 5.04. The van der Waals surface area contributed by atoms with Crippen LogP contribution in [-0.4, -0.2) is 25.2 Å². The molecule has 7 nitrogen and oxygen atoms in total. The lowest BCUT2D eigenvalue weighted by Crippen LogP contribution is -2.16. The van der Waals surface area contributed by atoms with E-state index < -0.39 is 0 Å². The Balaban J connectivity index is 1.47. The van der Waals surface area contributed by atoms with E-state index in [1.807, 2.05) is 44.6 Å². The summed E-state index contributed by atoms with van der Waals surface area (Å²) in [5, 5.41) is 11.2. The van der Waals surface area contributed by atoms with Crippen LogP contribution in [0.15, 0.2) is 48.8 Å². The van der Waals surface area contributed by atoms with Crippen molar-refractivity contribution in [3.05, 3.63) is 71.0 Å². The minimum absolute atomic E-state index is 0.000592. The Morgan fingerprint density at radius 2 is 1.88 bits per heavy atom. The van der Waals surface area contributed by atoms with Crippen LogP contribution in [0.1, 0.15) is 46.9 Å². The van der Waals surface area contributed by atoms with Crippen molar-refractivity contribution < 1.29 is 4.79 Å². The minimum atomic E-state index is -0.0134. The van der Waals surface area contributed by atoms with Crippen LogP contribution in [0, 0.1) is 13.8 Å². The van der Waals surface area contributed by atoms with E-state index in [1.165, 1.54) is 16.7 Å². The zero-order valence-electron chi connectivity index (χ0n) is 19.6. The van der Waals surface area contributed by atoms with Crippen molar-refractivity contribution in [1.82, 2.24) is 24.6 Å². The van der Waals surface area contributed by atoms with Crippen molar-refractivity contribution in [1.29, 1.82) is 0 Å². The number of rotatable bonds is 5. The molecule has 0 radical (unpaired) electrons. The summed E-state index contributed by atoms with van der Waals surface area (Å²) >= 11 is 0. The second-order valence-electron chi connectivity index (χ2n) is 8.74. The number of aryl methyl sites for hydroxylation is 4. The van der Waals surface area contributed by atoms with E-state index in [9.17, 15) is 4.79 Å². The van der Waals surface area contributed by atoms with Crippen molar-refractivity contribution in [3.63, 3.8) is 0 Å².